The van der Waals surface area contributed by atoms with Gasteiger partial charge in [0.15, 0.2) is 0 Å². The van der Waals surface area contributed by atoms with E-state index in [1.54, 1.807) is 16.4 Å². The Bertz CT molecular complexity index is 573. The summed E-state index contributed by atoms with van der Waals surface area (Å²) in [7, 11) is -3.35. The number of hydrogen-bond acceptors (Lipinski definition) is 2. The maximum absolute atomic E-state index is 12.5. The van der Waals surface area contributed by atoms with Crippen LogP contribution in [-0.4, -0.2) is 19.3 Å². The fourth-order valence-electron chi connectivity index (χ4n) is 2.31. The molecule has 1 fully saturated rings. The van der Waals surface area contributed by atoms with Crippen molar-refractivity contribution < 1.29 is 8.42 Å². The van der Waals surface area contributed by atoms with Gasteiger partial charge in [-0.3, -0.25) is 4.31 Å². The van der Waals surface area contributed by atoms with E-state index in [0.717, 1.165) is 30.5 Å². The summed E-state index contributed by atoms with van der Waals surface area (Å²) in [5, 5.41) is 0. The minimum atomic E-state index is -3.35. The van der Waals surface area contributed by atoms with Gasteiger partial charge in [0.05, 0.1) is 4.90 Å². The molecule has 1 saturated heterocycles. The molecule has 0 N–H and O–H groups in total. The monoisotopic (exact) mass is 293 g/mol. The van der Waals surface area contributed by atoms with E-state index in [1.165, 1.54) is 12.8 Å². The first-order chi connectivity index (χ1) is 9.55. The summed E-state index contributed by atoms with van der Waals surface area (Å²) in [5.41, 5.74) is 2.03. The Hall–Kier alpha value is -1.29. The number of unbranched alkanes of at least 4 members (excludes halogenated alkanes) is 3. The van der Waals surface area contributed by atoms with Crippen molar-refractivity contribution >= 4 is 10.0 Å². The fraction of sp³-hybridized carbons (Fsp3) is 0.500. The highest BCUT2D eigenvalue weighted by atomic mass is 32.2. The zero-order valence-electron chi connectivity index (χ0n) is 12.3. The lowest BCUT2D eigenvalue weighted by molar-refractivity contribution is 0.386. The van der Waals surface area contributed by atoms with E-state index in [2.05, 4.69) is 13.0 Å². The molecule has 2 rings (SSSR count). The molecule has 20 heavy (non-hydrogen) atoms. The first kappa shape index (κ1) is 15.1. The van der Waals surface area contributed by atoms with Gasteiger partial charge in [-0.1, -0.05) is 43.5 Å². The van der Waals surface area contributed by atoms with Crippen LogP contribution in [0.15, 0.2) is 40.9 Å². The maximum Gasteiger partial charge on any atom is 0.264 e. The number of aryl methyl sites for hydroxylation is 1. The number of rotatable bonds is 6. The minimum Gasteiger partial charge on any atom is -0.270 e. The molecule has 0 aliphatic carbocycles. The predicted molar refractivity (Wildman–Crippen MR) is 81.9 cm³/mol. The van der Waals surface area contributed by atoms with Crippen molar-refractivity contribution in [2.45, 2.75) is 50.8 Å². The average molecular weight is 293 g/mol. The quantitative estimate of drug-likeness (QED) is 0.747. The van der Waals surface area contributed by atoms with E-state index < -0.39 is 10.0 Å². The Balaban J connectivity index is 2.08. The third-order valence-corrected chi connectivity index (χ3v) is 5.55. The van der Waals surface area contributed by atoms with Gasteiger partial charge in [-0.25, -0.2) is 8.42 Å². The molecule has 0 aromatic heterocycles. The average Bonchev–Trinajstić information content (AvgIpc) is 2.37. The molecular formula is C16H23NO2S. The topological polar surface area (TPSA) is 37.4 Å². The summed E-state index contributed by atoms with van der Waals surface area (Å²) in [6, 6.07) is 7.07. The molecule has 0 atom stereocenters. The van der Waals surface area contributed by atoms with Crippen LogP contribution in [0.25, 0.3) is 0 Å². The van der Waals surface area contributed by atoms with Gasteiger partial charge in [0.25, 0.3) is 10.0 Å². The molecule has 1 aromatic rings. The van der Waals surface area contributed by atoms with Crippen LogP contribution in [0, 0.1) is 6.92 Å². The number of sulfonamides is 1. The molecule has 0 spiro atoms. The lowest BCUT2D eigenvalue weighted by atomic mass is 10.1. The highest BCUT2D eigenvalue weighted by Crippen LogP contribution is 2.30. The van der Waals surface area contributed by atoms with Crippen molar-refractivity contribution in [2.24, 2.45) is 0 Å². The van der Waals surface area contributed by atoms with E-state index in [1.807, 2.05) is 19.1 Å². The highest BCUT2D eigenvalue weighted by Gasteiger charge is 2.32. The molecule has 0 amide bonds. The normalized spacial score (nSPS) is 17.3. The van der Waals surface area contributed by atoms with Crippen LogP contribution in [0.2, 0.25) is 0 Å². The number of hydrogen-bond donors (Lipinski definition) is 0. The number of benzene rings is 1. The van der Waals surface area contributed by atoms with Crippen LogP contribution < -0.4 is 0 Å². The standard InChI is InChI=1S/C16H23NO2S/c1-3-4-5-6-7-15-12-13-17(15)20(18,19)16-10-8-14(2)9-11-16/h7-11H,3-6,12-13H2,1-2H3/b15-7+. The van der Waals surface area contributed by atoms with Crippen LogP contribution in [0.4, 0.5) is 0 Å². The Morgan fingerprint density at radius 2 is 1.90 bits per heavy atom. The third-order valence-electron chi connectivity index (χ3n) is 3.69. The second-order valence-corrected chi connectivity index (χ2v) is 7.19. The molecule has 1 heterocycles. The Kier molecular flexibility index (Phi) is 4.86. The Labute approximate surface area is 122 Å². The van der Waals surface area contributed by atoms with Gasteiger partial charge >= 0.3 is 0 Å². The maximum atomic E-state index is 12.5. The fourth-order valence-corrected chi connectivity index (χ4v) is 3.85. The molecule has 110 valence electrons. The zero-order valence-corrected chi connectivity index (χ0v) is 13.1. The van der Waals surface area contributed by atoms with Crippen LogP contribution in [0.1, 0.15) is 44.6 Å². The first-order valence-electron chi connectivity index (χ1n) is 7.34. The Morgan fingerprint density at radius 1 is 1.20 bits per heavy atom. The molecule has 1 aromatic carbocycles. The van der Waals surface area contributed by atoms with Crippen molar-refractivity contribution in [1.29, 1.82) is 0 Å². The molecule has 3 nitrogen and oxygen atoms in total. The molecule has 0 radical (unpaired) electrons. The van der Waals surface area contributed by atoms with Gasteiger partial charge in [-0.2, -0.15) is 0 Å². The minimum absolute atomic E-state index is 0.391. The van der Waals surface area contributed by atoms with E-state index in [4.69, 9.17) is 0 Å². The number of nitrogens with zero attached hydrogens (tertiary/aromatic N) is 1. The van der Waals surface area contributed by atoms with E-state index in [9.17, 15) is 8.42 Å². The van der Waals surface area contributed by atoms with Gasteiger partial charge in [0, 0.05) is 18.7 Å². The molecule has 0 saturated carbocycles. The van der Waals surface area contributed by atoms with Crippen LogP contribution in [0.5, 0.6) is 0 Å². The molecule has 1 aliphatic rings. The molecule has 1 aliphatic heterocycles. The van der Waals surface area contributed by atoms with Crippen molar-refractivity contribution in [1.82, 2.24) is 4.31 Å². The predicted octanol–water partition coefficient (Wildman–Crippen LogP) is 3.85. The second-order valence-electron chi connectivity index (χ2n) is 5.33. The SMILES string of the molecule is CCCCC/C=C1\CCN1S(=O)(=O)c1ccc(C)cc1. The summed E-state index contributed by atoms with van der Waals surface area (Å²) in [4.78, 5) is 0.391. The lowest BCUT2D eigenvalue weighted by Gasteiger charge is -2.35. The van der Waals surface area contributed by atoms with Gasteiger partial charge in [-0.15, -0.1) is 0 Å². The summed E-state index contributed by atoms with van der Waals surface area (Å²) in [6.07, 6.45) is 7.46. The molecule has 0 unspecified atom stereocenters. The smallest absolute Gasteiger partial charge is 0.264 e. The summed E-state index contributed by atoms with van der Waals surface area (Å²) < 4.78 is 26.6. The summed E-state index contributed by atoms with van der Waals surface area (Å²) >= 11 is 0. The number of allylic oxidation sites excluding steroid dienone is 1. The van der Waals surface area contributed by atoms with Crippen molar-refractivity contribution in [2.75, 3.05) is 6.54 Å². The molecule has 0 bridgehead atoms. The largest absolute Gasteiger partial charge is 0.270 e. The summed E-state index contributed by atoms with van der Waals surface area (Å²) in [6.45, 7) is 4.74. The highest BCUT2D eigenvalue weighted by molar-refractivity contribution is 7.89. The lowest BCUT2D eigenvalue weighted by Crippen LogP contribution is -2.40. The van der Waals surface area contributed by atoms with Crippen LogP contribution in [-0.2, 0) is 10.0 Å². The van der Waals surface area contributed by atoms with E-state index in [0.29, 0.717) is 11.4 Å². The van der Waals surface area contributed by atoms with Gasteiger partial charge < -0.3 is 0 Å². The second kappa shape index (κ2) is 6.44. The van der Waals surface area contributed by atoms with Crippen molar-refractivity contribution in [3.63, 3.8) is 0 Å². The van der Waals surface area contributed by atoms with Gasteiger partial charge in [0.1, 0.15) is 0 Å². The van der Waals surface area contributed by atoms with Crippen LogP contribution >= 0.6 is 0 Å². The van der Waals surface area contributed by atoms with Crippen molar-refractivity contribution in [3.05, 3.63) is 41.6 Å². The first-order valence-corrected chi connectivity index (χ1v) is 8.78. The van der Waals surface area contributed by atoms with Gasteiger partial charge in [0.2, 0.25) is 0 Å². The van der Waals surface area contributed by atoms with Crippen LogP contribution in [0.3, 0.4) is 0 Å². The van der Waals surface area contributed by atoms with Gasteiger partial charge in [-0.05, 0) is 31.9 Å². The van der Waals surface area contributed by atoms with E-state index in [-0.39, 0.29) is 0 Å². The molecule has 4 heteroatoms. The Morgan fingerprint density at radius 3 is 2.45 bits per heavy atom. The van der Waals surface area contributed by atoms with Crippen molar-refractivity contribution in [3.8, 4) is 0 Å². The molecular weight excluding hydrogens is 270 g/mol. The van der Waals surface area contributed by atoms with E-state index >= 15 is 0 Å². The third kappa shape index (κ3) is 3.23. The zero-order chi connectivity index (χ0) is 14.6. The summed E-state index contributed by atoms with van der Waals surface area (Å²) in [5.74, 6) is 0.